The molecule has 0 heterocycles. The van der Waals surface area contributed by atoms with E-state index in [-0.39, 0.29) is 6.03 Å². The Morgan fingerprint density at radius 2 is 1.83 bits per heavy atom. The average molecular weight is 314 g/mol. The van der Waals surface area contributed by atoms with Gasteiger partial charge in [-0.2, -0.15) is 0 Å². The fraction of sp³-hybridized carbons (Fsp3) is 0.278. The molecule has 0 saturated heterocycles. The van der Waals surface area contributed by atoms with Crippen molar-refractivity contribution >= 4 is 11.7 Å². The van der Waals surface area contributed by atoms with Crippen molar-refractivity contribution in [2.24, 2.45) is 0 Å². The molecular weight excluding hydrogens is 292 g/mol. The maximum absolute atomic E-state index is 11.9. The minimum absolute atomic E-state index is 0.262. The number of para-hydroxylation sites is 2. The minimum Gasteiger partial charge on any atom is -0.491 e. The zero-order valence-corrected chi connectivity index (χ0v) is 13.5. The molecule has 0 spiro atoms. The van der Waals surface area contributed by atoms with Crippen molar-refractivity contribution in [2.45, 2.75) is 13.5 Å². The highest BCUT2D eigenvalue weighted by Crippen LogP contribution is 2.16. The SMILES string of the molecule is COCc1ccccc1NC(=O)NCCOc1ccccc1C. The number of urea groups is 1. The van der Waals surface area contributed by atoms with Crippen molar-refractivity contribution in [3.05, 3.63) is 59.7 Å². The fourth-order valence-corrected chi connectivity index (χ4v) is 2.13. The maximum atomic E-state index is 11.9. The lowest BCUT2D eigenvalue weighted by Gasteiger charge is -2.12. The summed E-state index contributed by atoms with van der Waals surface area (Å²) in [6.07, 6.45) is 0. The van der Waals surface area contributed by atoms with E-state index in [1.165, 1.54) is 0 Å². The molecule has 0 aliphatic heterocycles. The van der Waals surface area contributed by atoms with Crippen molar-refractivity contribution in [1.82, 2.24) is 5.32 Å². The first-order valence-electron chi connectivity index (χ1n) is 7.51. The zero-order valence-electron chi connectivity index (χ0n) is 13.5. The molecule has 2 amide bonds. The lowest BCUT2D eigenvalue weighted by atomic mass is 10.2. The van der Waals surface area contributed by atoms with Gasteiger partial charge in [0.15, 0.2) is 0 Å². The van der Waals surface area contributed by atoms with E-state index in [0.29, 0.717) is 19.8 Å². The second kappa shape index (κ2) is 8.80. The summed E-state index contributed by atoms with van der Waals surface area (Å²) in [5.74, 6) is 0.833. The van der Waals surface area contributed by atoms with E-state index in [0.717, 1.165) is 22.6 Å². The summed E-state index contributed by atoms with van der Waals surface area (Å²) in [7, 11) is 1.62. The van der Waals surface area contributed by atoms with Crippen LogP contribution < -0.4 is 15.4 Å². The number of carbonyl (C=O) groups excluding carboxylic acids is 1. The number of ether oxygens (including phenoxy) is 2. The van der Waals surface area contributed by atoms with Crippen LogP contribution in [0.25, 0.3) is 0 Å². The van der Waals surface area contributed by atoms with Crippen LogP contribution >= 0.6 is 0 Å². The Bertz CT molecular complexity index is 644. The van der Waals surface area contributed by atoms with Crippen molar-refractivity contribution in [1.29, 1.82) is 0 Å². The van der Waals surface area contributed by atoms with Crippen LogP contribution in [0.5, 0.6) is 5.75 Å². The van der Waals surface area contributed by atoms with Gasteiger partial charge in [-0.15, -0.1) is 0 Å². The lowest BCUT2D eigenvalue weighted by Crippen LogP contribution is -2.32. The molecule has 2 aromatic carbocycles. The van der Waals surface area contributed by atoms with Gasteiger partial charge in [-0.1, -0.05) is 36.4 Å². The molecule has 0 unspecified atom stereocenters. The Morgan fingerprint density at radius 1 is 1.09 bits per heavy atom. The molecule has 0 fully saturated rings. The third kappa shape index (κ3) is 5.30. The molecular formula is C18H22N2O3. The monoisotopic (exact) mass is 314 g/mol. The Morgan fingerprint density at radius 3 is 2.61 bits per heavy atom. The van der Waals surface area contributed by atoms with Crippen LogP contribution in [-0.4, -0.2) is 26.3 Å². The zero-order chi connectivity index (χ0) is 16.5. The molecule has 0 atom stereocenters. The first-order valence-corrected chi connectivity index (χ1v) is 7.51. The van der Waals surface area contributed by atoms with Gasteiger partial charge in [0.2, 0.25) is 0 Å². The number of carbonyl (C=O) groups is 1. The third-order valence-electron chi connectivity index (χ3n) is 3.30. The molecule has 0 aromatic heterocycles. The van der Waals surface area contributed by atoms with E-state index in [4.69, 9.17) is 9.47 Å². The Kier molecular flexibility index (Phi) is 6.44. The quantitative estimate of drug-likeness (QED) is 0.771. The Balaban J connectivity index is 1.76. The normalized spacial score (nSPS) is 10.2. The highest BCUT2D eigenvalue weighted by atomic mass is 16.5. The lowest BCUT2D eigenvalue weighted by molar-refractivity contribution is 0.185. The van der Waals surface area contributed by atoms with E-state index < -0.39 is 0 Å². The Labute approximate surface area is 136 Å². The number of rotatable bonds is 7. The number of benzene rings is 2. The summed E-state index contributed by atoms with van der Waals surface area (Å²) >= 11 is 0. The summed E-state index contributed by atoms with van der Waals surface area (Å²) in [5, 5.41) is 5.59. The topological polar surface area (TPSA) is 59.6 Å². The van der Waals surface area contributed by atoms with Gasteiger partial charge in [0.1, 0.15) is 12.4 Å². The molecule has 0 saturated carbocycles. The highest BCUT2D eigenvalue weighted by molar-refractivity contribution is 5.90. The maximum Gasteiger partial charge on any atom is 0.319 e. The van der Waals surface area contributed by atoms with Gasteiger partial charge >= 0.3 is 6.03 Å². The highest BCUT2D eigenvalue weighted by Gasteiger charge is 2.06. The first-order chi connectivity index (χ1) is 11.2. The molecule has 23 heavy (non-hydrogen) atoms. The summed E-state index contributed by atoms with van der Waals surface area (Å²) < 4.78 is 10.8. The van der Waals surface area contributed by atoms with Crippen molar-refractivity contribution < 1.29 is 14.3 Å². The minimum atomic E-state index is -0.262. The van der Waals surface area contributed by atoms with Crippen LogP contribution in [0.1, 0.15) is 11.1 Å². The van der Waals surface area contributed by atoms with Gasteiger partial charge in [0, 0.05) is 18.4 Å². The number of hydrogen-bond donors (Lipinski definition) is 2. The van der Waals surface area contributed by atoms with Gasteiger partial charge < -0.3 is 20.1 Å². The molecule has 122 valence electrons. The molecule has 0 bridgehead atoms. The van der Waals surface area contributed by atoms with E-state index in [1.54, 1.807) is 7.11 Å². The predicted octanol–water partition coefficient (Wildman–Crippen LogP) is 3.34. The molecule has 5 nitrogen and oxygen atoms in total. The standard InChI is InChI=1S/C18H22N2O3/c1-14-7-3-6-10-17(14)23-12-11-19-18(21)20-16-9-5-4-8-15(16)13-22-2/h3-10H,11-13H2,1-2H3,(H2,19,20,21). The molecule has 2 aromatic rings. The van der Waals surface area contributed by atoms with Crippen LogP contribution in [0.2, 0.25) is 0 Å². The fourth-order valence-electron chi connectivity index (χ4n) is 2.13. The van der Waals surface area contributed by atoms with Crippen LogP contribution in [0.3, 0.4) is 0 Å². The van der Waals surface area contributed by atoms with Gasteiger partial charge in [-0.05, 0) is 24.6 Å². The second-order valence-corrected chi connectivity index (χ2v) is 5.09. The molecule has 0 radical (unpaired) electrons. The van der Waals surface area contributed by atoms with Crippen LogP contribution in [0.15, 0.2) is 48.5 Å². The molecule has 2 N–H and O–H groups in total. The van der Waals surface area contributed by atoms with E-state index >= 15 is 0 Å². The summed E-state index contributed by atoms with van der Waals surface area (Å²) in [6, 6.07) is 15.1. The number of anilines is 1. The van der Waals surface area contributed by atoms with Crippen LogP contribution in [0, 0.1) is 6.92 Å². The number of nitrogens with one attached hydrogen (secondary N) is 2. The van der Waals surface area contributed by atoms with Crippen LogP contribution in [0.4, 0.5) is 10.5 Å². The van der Waals surface area contributed by atoms with Gasteiger partial charge in [-0.25, -0.2) is 4.79 Å². The predicted molar refractivity (Wildman–Crippen MR) is 90.9 cm³/mol. The smallest absolute Gasteiger partial charge is 0.319 e. The molecule has 2 rings (SSSR count). The number of hydrogen-bond acceptors (Lipinski definition) is 3. The second-order valence-electron chi connectivity index (χ2n) is 5.09. The largest absolute Gasteiger partial charge is 0.491 e. The summed E-state index contributed by atoms with van der Waals surface area (Å²) in [6.45, 7) is 3.28. The van der Waals surface area contributed by atoms with E-state index in [2.05, 4.69) is 10.6 Å². The van der Waals surface area contributed by atoms with Gasteiger partial charge in [0.05, 0.1) is 13.2 Å². The number of methoxy groups -OCH3 is 1. The van der Waals surface area contributed by atoms with Crippen molar-refractivity contribution in [3.8, 4) is 5.75 Å². The number of aryl methyl sites for hydroxylation is 1. The Hall–Kier alpha value is -2.53. The van der Waals surface area contributed by atoms with Gasteiger partial charge in [0.25, 0.3) is 0 Å². The average Bonchev–Trinajstić information content (AvgIpc) is 2.55. The molecule has 0 aliphatic carbocycles. The number of amides is 2. The molecule has 5 heteroatoms. The van der Waals surface area contributed by atoms with E-state index in [1.807, 2.05) is 55.5 Å². The summed E-state index contributed by atoms with van der Waals surface area (Å²) in [5.41, 5.74) is 2.75. The molecule has 0 aliphatic rings. The summed E-state index contributed by atoms with van der Waals surface area (Å²) in [4.78, 5) is 11.9. The van der Waals surface area contributed by atoms with Crippen molar-refractivity contribution in [2.75, 3.05) is 25.6 Å². The first kappa shape index (κ1) is 16.8. The van der Waals surface area contributed by atoms with Crippen molar-refractivity contribution in [3.63, 3.8) is 0 Å². The third-order valence-corrected chi connectivity index (χ3v) is 3.30. The van der Waals surface area contributed by atoms with Gasteiger partial charge in [-0.3, -0.25) is 0 Å². The van der Waals surface area contributed by atoms with Crippen LogP contribution in [-0.2, 0) is 11.3 Å². The van der Waals surface area contributed by atoms with E-state index in [9.17, 15) is 4.79 Å².